The summed E-state index contributed by atoms with van der Waals surface area (Å²) in [7, 11) is 0. The van der Waals surface area contributed by atoms with Gasteiger partial charge < -0.3 is 19.8 Å². The molecular formula is C19H23N3O3. The lowest BCUT2D eigenvalue weighted by Gasteiger charge is -2.33. The highest BCUT2D eigenvalue weighted by atomic mass is 16.5. The Kier molecular flexibility index (Phi) is 4.31. The lowest BCUT2D eigenvalue weighted by Crippen LogP contribution is -2.45. The monoisotopic (exact) mass is 341 g/mol. The van der Waals surface area contributed by atoms with E-state index in [1.807, 2.05) is 19.1 Å². The van der Waals surface area contributed by atoms with Gasteiger partial charge >= 0.3 is 0 Å². The van der Waals surface area contributed by atoms with Gasteiger partial charge in [-0.25, -0.2) is 0 Å². The van der Waals surface area contributed by atoms with E-state index in [4.69, 9.17) is 4.74 Å². The number of hydrogen-bond donors (Lipinski definition) is 2. The van der Waals surface area contributed by atoms with Crippen molar-refractivity contribution in [3.8, 4) is 17.0 Å². The van der Waals surface area contributed by atoms with Crippen molar-refractivity contribution in [1.82, 2.24) is 10.2 Å². The first-order valence-electron chi connectivity index (χ1n) is 8.83. The number of aromatic hydroxyl groups is 1. The molecule has 0 saturated carbocycles. The predicted octanol–water partition coefficient (Wildman–Crippen LogP) is 1.84. The third kappa shape index (κ3) is 2.96. The molecule has 1 aromatic carbocycles. The summed E-state index contributed by atoms with van der Waals surface area (Å²) >= 11 is 0. The van der Waals surface area contributed by atoms with Crippen molar-refractivity contribution in [3.63, 3.8) is 0 Å². The summed E-state index contributed by atoms with van der Waals surface area (Å²) in [6.07, 6.45) is 2.83. The number of aromatic nitrogens is 2. The van der Waals surface area contributed by atoms with Gasteiger partial charge in [-0.3, -0.25) is 0 Å². The Morgan fingerprint density at radius 3 is 2.88 bits per heavy atom. The largest absolute Gasteiger partial charge is 0.507 e. The highest BCUT2D eigenvalue weighted by Gasteiger charge is 2.28. The molecule has 2 N–H and O–H groups in total. The standard InChI is InChI=1S/C19H23N3O3/c1-12-5-6-16(17(24)9-12)18-14-3-2-4-15(14)19(21-20-18)22-7-8-25-13(10-22)11-23/h5-6,9,13,23-24H,2-4,7-8,10-11H2,1H3/t13-/m0/s1. The van der Waals surface area contributed by atoms with Crippen LogP contribution in [0.5, 0.6) is 5.75 Å². The predicted molar refractivity (Wildman–Crippen MR) is 94.9 cm³/mol. The number of aliphatic hydroxyl groups is 1. The van der Waals surface area contributed by atoms with Crippen LogP contribution in [0.1, 0.15) is 23.1 Å². The molecule has 1 aromatic heterocycles. The summed E-state index contributed by atoms with van der Waals surface area (Å²) in [4.78, 5) is 2.17. The minimum Gasteiger partial charge on any atom is -0.507 e. The summed E-state index contributed by atoms with van der Waals surface area (Å²) in [5.74, 6) is 1.16. The first kappa shape index (κ1) is 16.3. The molecule has 0 spiro atoms. The quantitative estimate of drug-likeness (QED) is 0.887. The lowest BCUT2D eigenvalue weighted by molar-refractivity contribution is 0.00328. The van der Waals surface area contributed by atoms with E-state index in [1.54, 1.807) is 6.07 Å². The van der Waals surface area contributed by atoms with Crippen LogP contribution in [0.2, 0.25) is 0 Å². The molecule has 2 heterocycles. The van der Waals surface area contributed by atoms with Crippen LogP contribution in [0, 0.1) is 6.92 Å². The van der Waals surface area contributed by atoms with E-state index < -0.39 is 0 Å². The summed E-state index contributed by atoms with van der Waals surface area (Å²) in [6.45, 7) is 3.95. The Bertz CT molecular complexity index is 794. The Labute approximate surface area is 147 Å². The SMILES string of the molecule is Cc1ccc(-c2nnc(N3CCO[C@H](CO)C3)c3c2CCC3)c(O)c1. The van der Waals surface area contributed by atoms with E-state index in [-0.39, 0.29) is 18.5 Å². The van der Waals surface area contributed by atoms with Crippen LogP contribution >= 0.6 is 0 Å². The molecule has 0 radical (unpaired) electrons. The van der Waals surface area contributed by atoms with Gasteiger partial charge in [-0.2, -0.15) is 0 Å². The highest BCUT2D eigenvalue weighted by molar-refractivity contribution is 5.73. The fraction of sp³-hybridized carbons (Fsp3) is 0.474. The van der Waals surface area contributed by atoms with Crippen molar-refractivity contribution in [3.05, 3.63) is 34.9 Å². The van der Waals surface area contributed by atoms with Crippen LogP contribution < -0.4 is 4.90 Å². The number of phenols is 1. The Morgan fingerprint density at radius 1 is 1.24 bits per heavy atom. The zero-order chi connectivity index (χ0) is 17.4. The van der Waals surface area contributed by atoms with Crippen molar-refractivity contribution in [2.45, 2.75) is 32.3 Å². The molecule has 2 aromatic rings. The van der Waals surface area contributed by atoms with Crippen LogP contribution in [0.4, 0.5) is 5.82 Å². The zero-order valence-corrected chi connectivity index (χ0v) is 14.4. The number of rotatable bonds is 3. The number of benzene rings is 1. The second kappa shape index (κ2) is 6.61. The van der Waals surface area contributed by atoms with Gasteiger partial charge in [0.05, 0.1) is 19.3 Å². The summed E-state index contributed by atoms with van der Waals surface area (Å²) in [5, 5.41) is 28.7. The number of morpholine rings is 1. The van der Waals surface area contributed by atoms with E-state index in [9.17, 15) is 10.2 Å². The molecule has 1 atom stereocenters. The first-order chi connectivity index (χ1) is 12.2. The van der Waals surface area contributed by atoms with Crippen LogP contribution in [0.3, 0.4) is 0 Å². The molecule has 1 fully saturated rings. The second-order valence-corrected chi connectivity index (χ2v) is 6.82. The van der Waals surface area contributed by atoms with Gasteiger partial charge in [0.25, 0.3) is 0 Å². The van der Waals surface area contributed by atoms with Crippen LogP contribution in [-0.4, -0.2) is 52.8 Å². The van der Waals surface area contributed by atoms with Crippen molar-refractivity contribution < 1.29 is 14.9 Å². The molecule has 0 unspecified atom stereocenters. The summed E-state index contributed by atoms with van der Waals surface area (Å²) in [5.41, 5.74) is 4.98. The fourth-order valence-electron chi connectivity index (χ4n) is 3.80. The molecule has 132 valence electrons. The maximum absolute atomic E-state index is 10.3. The molecular weight excluding hydrogens is 318 g/mol. The Hall–Kier alpha value is -2.18. The Balaban J connectivity index is 1.74. The average Bonchev–Trinajstić information content (AvgIpc) is 3.11. The molecule has 1 aliphatic carbocycles. The van der Waals surface area contributed by atoms with Crippen LogP contribution in [-0.2, 0) is 17.6 Å². The Morgan fingerprint density at radius 2 is 2.08 bits per heavy atom. The van der Waals surface area contributed by atoms with Gasteiger partial charge in [0, 0.05) is 24.2 Å². The smallest absolute Gasteiger partial charge is 0.154 e. The minimum absolute atomic E-state index is 0.0153. The van der Waals surface area contributed by atoms with Crippen molar-refractivity contribution in [2.75, 3.05) is 31.2 Å². The highest BCUT2D eigenvalue weighted by Crippen LogP contribution is 2.38. The third-order valence-electron chi connectivity index (χ3n) is 5.07. The average molecular weight is 341 g/mol. The molecule has 6 nitrogen and oxygen atoms in total. The van der Waals surface area contributed by atoms with Gasteiger partial charge in [0.15, 0.2) is 5.82 Å². The van der Waals surface area contributed by atoms with E-state index in [0.29, 0.717) is 13.2 Å². The number of ether oxygens (including phenoxy) is 1. The van der Waals surface area contributed by atoms with E-state index in [0.717, 1.165) is 48.4 Å². The topological polar surface area (TPSA) is 78.7 Å². The van der Waals surface area contributed by atoms with Crippen molar-refractivity contribution in [2.24, 2.45) is 0 Å². The number of fused-ring (bicyclic) bond motifs is 1. The van der Waals surface area contributed by atoms with Crippen molar-refractivity contribution in [1.29, 1.82) is 0 Å². The van der Waals surface area contributed by atoms with Gasteiger partial charge in [-0.05, 0) is 49.4 Å². The normalized spacial score (nSPS) is 19.9. The maximum Gasteiger partial charge on any atom is 0.154 e. The molecule has 6 heteroatoms. The van der Waals surface area contributed by atoms with Gasteiger partial charge in [-0.1, -0.05) is 6.07 Å². The zero-order valence-electron chi connectivity index (χ0n) is 14.4. The number of phenolic OH excluding ortho intramolecular Hbond substituents is 1. The van der Waals surface area contributed by atoms with E-state index in [1.165, 1.54) is 11.1 Å². The van der Waals surface area contributed by atoms with Crippen LogP contribution in [0.25, 0.3) is 11.3 Å². The molecule has 4 rings (SSSR count). The number of aliphatic hydroxyl groups excluding tert-OH is 1. The van der Waals surface area contributed by atoms with Gasteiger partial charge in [-0.15, -0.1) is 10.2 Å². The van der Waals surface area contributed by atoms with E-state index in [2.05, 4.69) is 15.1 Å². The first-order valence-corrected chi connectivity index (χ1v) is 8.83. The molecule has 1 aliphatic heterocycles. The molecule has 2 aliphatic rings. The number of nitrogens with zero attached hydrogens (tertiary/aromatic N) is 3. The van der Waals surface area contributed by atoms with Crippen LogP contribution in [0.15, 0.2) is 18.2 Å². The third-order valence-corrected chi connectivity index (χ3v) is 5.07. The fourth-order valence-corrected chi connectivity index (χ4v) is 3.80. The van der Waals surface area contributed by atoms with Gasteiger partial charge in [0.1, 0.15) is 11.4 Å². The number of hydrogen-bond acceptors (Lipinski definition) is 6. The summed E-state index contributed by atoms with van der Waals surface area (Å²) in [6, 6.07) is 5.67. The number of aryl methyl sites for hydroxylation is 1. The molecule has 25 heavy (non-hydrogen) atoms. The molecule has 0 amide bonds. The molecule has 1 saturated heterocycles. The van der Waals surface area contributed by atoms with E-state index >= 15 is 0 Å². The molecule has 0 bridgehead atoms. The summed E-state index contributed by atoms with van der Waals surface area (Å²) < 4.78 is 5.55. The maximum atomic E-state index is 10.3. The number of anilines is 1. The lowest BCUT2D eigenvalue weighted by atomic mass is 10.0. The van der Waals surface area contributed by atoms with Gasteiger partial charge in [0.2, 0.25) is 0 Å². The minimum atomic E-state index is -0.173. The van der Waals surface area contributed by atoms with Crippen molar-refractivity contribution >= 4 is 5.82 Å². The second-order valence-electron chi connectivity index (χ2n) is 6.82.